The van der Waals surface area contributed by atoms with E-state index in [0.717, 1.165) is 39.0 Å². The van der Waals surface area contributed by atoms with Crippen LogP contribution in [0.2, 0.25) is 0 Å². The average molecular weight is 769 g/mol. The van der Waals surface area contributed by atoms with Gasteiger partial charge < -0.3 is 18.9 Å². The van der Waals surface area contributed by atoms with Crippen LogP contribution in [0.4, 0.5) is 0 Å². The van der Waals surface area contributed by atoms with E-state index >= 15 is 0 Å². The van der Waals surface area contributed by atoms with Gasteiger partial charge in [0.25, 0.3) is 0 Å². The number of Topliss-reactive ketones (excluding diaryl/α,β-unsaturated/α-hetero) is 3. The van der Waals surface area contributed by atoms with Gasteiger partial charge in [-0.1, -0.05) is 135 Å². The highest BCUT2D eigenvalue weighted by Gasteiger charge is 2.40. The number of methoxy groups -OCH3 is 1. The quantitative estimate of drug-likeness (QED) is 0.0727. The Morgan fingerprint density at radius 3 is 1.45 bits per heavy atom. The molecule has 2 rings (SSSR count). The van der Waals surface area contributed by atoms with Crippen LogP contribution in [0.5, 0.6) is 0 Å². The highest BCUT2D eigenvalue weighted by Crippen LogP contribution is 2.41. The minimum absolute atomic E-state index is 0.00210. The highest BCUT2D eigenvalue weighted by molar-refractivity contribution is 6.02. The first kappa shape index (κ1) is 47.7. The Balaban J connectivity index is 1.92. The van der Waals surface area contributed by atoms with Gasteiger partial charge in [0.2, 0.25) is 0 Å². The number of ketones is 3. The second kappa shape index (κ2) is 22.9. The molecule has 0 spiro atoms. The van der Waals surface area contributed by atoms with E-state index in [2.05, 4.69) is 51.2 Å². The van der Waals surface area contributed by atoms with Gasteiger partial charge in [-0.25, -0.2) is 4.79 Å². The Bertz CT molecular complexity index is 1790. The highest BCUT2D eigenvalue weighted by atomic mass is 16.6. The second-order valence-electron chi connectivity index (χ2n) is 15.9. The second-order valence-corrected chi connectivity index (χ2v) is 15.9. The fourth-order valence-electron chi connectivity index (χ4n) is 6.53. The Kier molecular flexibility index (Phi) is 19.5. The number of carbonyl (C=O) groups excluding carboxylic acids is 4. The van der Waals surface area contributed by atoms with Crippen LogP contribution in [0.3, 0.4) is 0 Å². The zero-order chi connectivity index (χ0) is 42.1. The average Bonchev–Trinajstić information content (AvgIpc) is 3.11. The number of rotatable bonds is 19. The molecule has 0 N–H and O–H groups in total. The predicted molar refractivity (Wildman–Crippen MR) is 226 cm³/mol. The van der Waals surface area contributed by atoms with Crippen molar-refractivity contribution in [3.63, 3.8) is 0 Å². The summed E-state index contributed by atoms with van der Waals surface area (Å²) in [6.07, 6.45) is 28.3. The van der Waals surface area contributed by atoms with Gasteiger partial charge >= 0.3 is 5.97 Å². The number of hydrogen-bond acceptors (Lipinski definition) is 8. The molecule has 0 amide bonds. The fraction of sp³-hybridized carbons (Fsp3) is 0.458. The van der Waals surface area contributed by atoms with Gasteiger partial charge in [-0.15, -0.1) is 0 Å². The first-order valence-electron chi connectivity index (χ1n) is 19.2. The summed E-state index contributed by atoms with van der Waals surface area (Å²) in [5, 5.41) is 0. The van der Waals surface area contributed by atoms with Crippen molar-refractivity contribution < 1.29 is 38.1 Å². The van der Waals surface area contributed by atoms with Crippen LogP contribution in [0.25, 0.3) is 0 Å². The summed E-state index contributed by atoms with van der Waals surface area (Å²) < 4.78 is 21.3. The zero-order valence-electron chi connectivity index (χ0n) is 35.7. The van der Waals surface area contributed by atoms with Crippen LogP contribution < -0.4 is 0 Å². The van der Waals surface area contributed by atoms with Crippen molar-refractivity contribution in [1.29, 1.82) is 0 Å². The molecule has 8 heteroatoms. The van der Waals surface area contributed by atoms with Gasteiger partial charge in [-0.2, -0.15) is 0 Å². The van der Waals surface area contributed by atoms with E-state index in [1.165, 1.54) is 6.92 Å². The Morgan fingerprint density at radius 2 is 1.00 bits per heavy atom. The maximum atomic E-state index is 13.1. The smallest absolute Gasteiger partial charge is 0.332 e. The first-order chi connectivity index (χ1) is 26.3. The number of hydrogen-bond donors (Lipinski definition) is 0. The fourth-order valence-corrected chi connectivity index (χ4v) is 6.53. The molecule has 8 nitrogen and oxygen atoms in total. The molecule has 2 aliphatic carbocycles. The first-order valence-corrected chi connectivity index (χ1v) is 19.2. The lowest BCUT2D eigenvalue weighted by atomic mass is 9.71. The normalized spacial score (nSPS) is 21.6. The van der Waals surface area contributed by atoms with Crippen LogP contribution in [-0.4, -0.2) is 69.1 Å². The Morgan fingerprint density at radius 1 is 0.607 bits per heavy atom. The third-order valence-electron chi connectivity index (χ3n) is 9.73. The monoisotopic (exact) mass is 768 g/mol. The topological polar surface area (TPSA) is 105 Å². The maximum absolute atomic E-state index is 13.1. The molecule has 0 aromatic carbocycles. The molecule has 0 aliphatic heterocycles. The van der Waals surface area contributed by atoms with E-state index < -0.39 is 12.1 Å². The van der Waals surface area contributed by atoms with Crippen molar-refractivity contribution in [2.24, 2.45) is 10.8 Å². The summed E-state index contributed by atoms with van der Waals surface area (Å²) in [6, 6.07) is 0. The van der Waals surface area contributed by atoms with Gasteiger partial charge in [-0.3, -0.25) is 14.4 Å². The molecule has 2 atom stereocenters. The van der Waals surface area contributed by atoms with E-state index in [1.807, 2.05) is 96.2 Å². The molecule has 0 saturated heterocycles. The third kappa shape index (κ3) is 15.9. The van der Waals surface area contributed by atoms with Crippen molar-refractivity contribution in [2.45, 2.75) is 101 Å². The molecule has 2 aliphatic rings. The lowest BCUT2D eigenvalue weighted by Crippen LogP contribution is -2.39. The standard InChI is InChI=1S/C48H64O8/c1-33(19-15-21-35(3)23-25-40-38(6)45(51)42(53-12)29-47(40,8)9)17-13-14-18-34(2)20-16-22-36(4)24-26-41-39(7)46(52)43(30-48(41,10)11)56-44(50)32-55-28-27-54-31-37(5)49/h13-26,42-43H,27-32H2,1-12H3/b14-13+,19-15+,20-16+,25-23+,26-24+,33-17+,34-18+,35-21+,36-22+. The third-order valence-corrected chi connectivity index (χ3v) is 9.73. The molecular formula is C48H64O8. The molecule has 2 unspecified atom stereocenters. The lowest BCUT2D eigenvalue weighted by Gasteiger charge is -2.36. The maximum Gasteiger partial charge on any atom is 0.332 e. The van der Waals surface area contributed by atoms with E-state index in [1.54, 1.807) is 14.0 Å². The summed E-state index contributed by atoms with van der Waals surface area (Å²) in [6.45, 7) is 21.7. The van der Waals surface area contributed by atoms with Gasteiger partial charge in [0, 0.05) is 13.5 Å². The summed E-state index contributed by atoms with van der Waals surface area (Å²) in [7, 11) is 1.60. The molecule has 0 saturated carbocycles. The summed E-state index contributed by atoms with van der Waals surface area (Å²) >= 11 is 0. The van der Waals surface area contributed by atoms with E-state index in [0.29, 0.717) is 18.4 Å². The van der Waals surface area contributed by atoms with Gasteiger partial charge in [0.1, 0.15) is 19.3 Å². The van der Waals surface area contributed by atoms with Gasteiger partial charge in [-0.05, 0) is 88.0 Å². The molecule has 0 aromatic heterocycles. The largest absolute Gasteiger partial charge is 0.452 e. The van der Waals surface area contributed by atoms with Crippen LogP contribution >= 0.6 is 0 Å². The van der Waals surface area contributed by atoms with Crippen molar-refractivity contribution in [1.82, 2.24) is 0 Å². The van der Waals surface area contributed by atoms with E-state index in [4.69, 9.17) is 18.9 Å². The molecule has 0 bridgehead atoms. The van der Waals surface area contributed by atoms with Crippen molar-refractivity contribution in [3.8, 4) is 0 Å². The minimum atomic E-state index is -0.867. The molecule has 0 fully saturated rings. The van der Waals surface area contributed by atoms with Crippen molar-refractivity contribution in [3.05, 3.63) is 130 Å². The van der Waals surface area contributed by atoms with Gasteiger partial charge in [0.05, 0.1) is 13.2 Å². The number of allylic oxidation sites excluding steroid dienone is 20. The van der Waals surface area contributed by atoms with Crippen LogP contribution in [0, 0.1) is 10.8 Å². The predicted octanol–water partition coefficient (Wildman–Crippen LogP) is 9.73. The molecule has 0 aromatic rings. The van der Waals surface area contributed by atoms with Crippen molar-refractivity contribution >= 4 is 23.3 Å². The van der Waals surface area contributed by atoms with E-state index in [-0.39, 0.29) is 60.7 Å². The molecule has 56 heavy (non-hydrogen) atoms. The van der Waals surface area contributed by atoms with E-state index in [9.17, 15) is 19.2 Å². The summed E-state index contributed by atoms with van der Waals surface area (Å²) in [5.74, 6) is -0.831. The molecular weight excluding hydrogens is 705 g/mol. The van der Waals surface area contributed by atoms with Crippen LogP contribution in [0.1, 0.15) is 89.0 Å². The van der Waals surface area contributed by atoms with Gasteiger partial charge in [0.15, 0.2) is 23.5 Å². The molecule has 304 valence electrons. The zero-order valence-corrected chi connectivity index (χ0v) is 35.7. The number of carbonyl (C=O) groups is 4. The van der Waals surface area contributed by atoms with Crippen LogP contribution in [0.15, 0.2) is 130 Å². The Labute approximate surface area is 335 Å². The van der Waals surface area contributed by atoms with Crippen molar-refractivity contribution in [2.75, 3.05) is 33.5 Å². The summed E-state index contributed by atoms with van der Waals surface area (Å²) in [4.78, 5) is 49.0. The van der Waals surface area contributed by atoms with Crippen LogP contribution in [-0.2, 0) is 38.1 Å². The minimum Gasteiger partial charge on any atom is -0.452 e. The number of esters is 1. The summed E-state index contributed by atoms with van der Waals surface area (Å²) in [5.41, 5.74) is 7.14. The lowest BCUT2D eigenvalue weighted by molar-refractivity contribution is -0.160. The Hall–Kier alpha value is -4.50. The molecule has 0 heterocycles. The molecule has 0 radical (unpaired) electrons. The SMILES string of the molecule is COC1CC(C)(C)C(/C=C/C(C)=C/C=C/C(C)=C/C=C/C=C(C)/C=C/C=C(C)/C=C/C2=C(C)C(=O)C(OC(=O)COCCOCC(C)=O)CC2(C)C)=C(C)C1=O. The number of ether oxygens (including phenoxy) is 4.